The van der Waals surface area contributed by atoms with Gasteiger partial charge in [0.1, 0.15) is 5.75 Å². The molecule has 1 aliphatic rings. The minimum atomic E-state index is -0.208. The van der Waals surface area contributed by atoms with Gasteiger partial charge in [-0.2, -0.15) is 0 Å². The van der Waals surface area contributed by atoms with Crippen LogP contribution in [0.15, 0.2) is 53.0 Å². The molecule has 0 saturated carbocycles. The number of anilines is 1. The van der Waals surface area contributed by atoms with Gasteiger partial charge in [-0.3, -0.25) is 9.59 Å². The first-order valence-corrected chi connectivity index (χ1v) is 8.37. The van der Waals surface area contributed by atoms with Gasteiger partial charge >= 0.3 is 0 Å². The van der Waals surface area contributed by atoms with Gasteiger partial charge in [0.2, 0.25) is 5.91 Å². The van der Waals surface area contributed by atoms with Crippen LogP contribution in [0.25, 0.3) is 0 Å². The van der Waals surface area contributed by atoms with Crippen molar-refractivity contribution in [3.8, 4) is 5.75 Å². The molecule has 0 aliphatic carbocycles. The van der Waals surface area contributed by atoms with Crippen molar-refractivity contribution in [3.05, 3.63) is 58.6 Å². The second-order valence-corrected chi connectivity index (χ2v) is 6.50. The number of hydrogen-bond acceptors (Lipinski definition) is 3. The number of nitrogens with zero attached hydrogens (tertiary/aromatic N) is 1. The van der Waals surface area contributed by atoms with Crippen LogP contribution < -0.4 is 15.0 Å². The number of benzene rings is 2. The summed E-state index contributed by atoms with van der Waals surface area (Å²) in [5.41, 5.74) is 1.35. The zero-order chi connectivity index (χ0) is 17.1. The van der Waals surface area contributed by atoms with Gasteiger partial charge in [0.15, 0.2) is 0 Å². The van der Waals surface area contributed by atoms with E-state index in [1.54, 1.807) is 24.1 Å². The third-order valence-corrected chi connectivity index (χ3v) is 4.46. The smallest absolute Gasteiger partial charge is 0.251 e. The van der Waals surface area contributed by atoms with E-state index in [0.29, 0.717) is 24.3 Å². The van der Waals surface area contributed by atoms with Crippen molar-refractivity contribution in [2.24, 2.45) is 0 Å². The Hall–Kier alpha value is -2.34. The molecule has 1 fully saturated rings. The predicted molar refractivity (Wildman–Crippen MR) is 95.4 cm³/mol. The third kappa shape index (κ3) is 3.59. The molecule has 0 radical (unpaired) electrons. The van der Waals surface area contributed by atoms with E-state index < -0.39 is 0 Å². The van der Waals surface area contributed by atoms with Crippen LogP contribution in [-0.4, -0.2) is 31.5 Å². The van der Waals surface area contributed by atoms with E-state index in [1.807, 2.05) is 36.4 Å². The number of carbonyl (C=O) groups is 2. The maximum atomic E-state index is 12.3. The van der Waals surface area contributed by atoms with E-state index in [4.69, 9.17) is 4.74 Å². The Morgan fingerprint density at radius 3 is 2.71 bits per heavy atom. The summed E-state index contributed by atoms with van der Waals surface area (Å²) in [6, 6.07) is 14.3. The molecule has 0 spiro atoms. The quantitative estimate of drug-likeness (QED) is 0.875. The summed E-state index contributed by atoms with van der Waals surface area (Å²) in [6.07, 6.45) is 0.291. The molecule has 1 aliphatic heterocycles. The molecule has 1 heterocycles. The van der Waals surface area contributed by atoms with Crippen LogP contribution in [-0.2, 0) is 4.79 Å². The summed E-state index contributed by atoms with van der Waals surface area (Å²) in [7, 11) is 1.59. The highest BCUT2D eigenvalue weighted by Gasteiger charge is 2.31. The molecular formula is C18H17BrN2O3. The molecule has 6 heteroatoms. The van der Waals surface area contributed by atoms with Crippen molar-refractivity contribution in [2.75, 3.05) is 18.6 Å². The summed E-state index contributed by atoms with van der Waals surface area (Å²) in [4.78, 5) is 26.2. The summed E-state index contributed by atoms with van der Waals surface area (Å²) in [6.45, 7) is 0.453. The molecule has 1 unspecified atom stereocenters. The van der Waals surface area contributed by atoms with Crippen LogP contribution in [0.1, 0.15) is 16.8 Å². The minimum absolute atomic E-state index is 0.00985. The number of halogens is 1. The van der Waals surface area contributed by atoms with Crippen LogP contribution in [0.4, 0.5) is 5.69 Å². The number of carbonyl (C=O) groups excluding carboxylic acids is 2. The topological polar surface area (TPSA) is 58.6 Å². The van der Waals surface area contributed by atoms with Crippen LogP contribution in [0, 0.1) is 0 Å². The van der Waals surface area contributed by atoms with Crippen molar-refractivity contribution in [2.45, 2.75) is 12.5 Å². The first kappa shape index (κ1) is 16.5. The molecule has 24 heavy (non-hydrogen) atoms. The van der Waals surface area contributed by atoms with Crippen molar-refractivity contribution in [1.29, 1.82) is 0 Å². The lowest BCUT2D eigenvalue weighted by Crippen LogP contribution is -2.37. The average Bonchev–Trinajstić information content (AvgIpc) is 2.95. The molecule has 0 bridgehead atoms. The summed E-state index contributed by atoms with van der Waals surface area (Å²) >= 11 is 3.34. The van der Waals surface area contributed by atoms with Crippen molar-refractivity contribution in [3.63, 3.8) is 0 Å². The maximum Gasteiger partial charge on any atom is 0.251 e. The average molecular weight is 389 g/mol. The molecule has 124 valence electrons. The normalized spacial score (nSPS) is 17.0. The number of amides is 2. The first-order chi connectivity index (χ1) is 11.6. The molecule has 0 aromatic heterocycles. The van der Waals surface area contributed by atoms with Crippen molar-refractivity contribution in [1.82, 2.24) is 5.32 Å². The standard InChI is InChI=1S/C18H17BrN2O3/c1-24-16-4-2-3-15(10-16)21-11-14(9-17(21)22)20-18(23)12-5-7-13(19)8-6-12/h2-8,10,14H,9,11H2,1H3,(H,20,23). The second kappa shape index (κ2) is 7.05. The zero-order valence-electron chi connectivity index (χ0n) is 13.2. The Morgan fingerprint density at radius 1 is 1.25 bits per heavy atom. The van der Waals surface area contributed by atoms with Crippen LogP contribution >= 0.6 is 15.9 Å². The predicted octanol–water partition coefficient (Wildman–Crippen LogP) is 2.99. The Bertz CT molecular complexity index is 761. The lowest BCUT2D eigenvalue weighted by Gasteiger charge is -2.18. The van der Waals surface area contributed by atoms with Crippen LogP contribution in [0.2, 0.25) is 0 Å². The molecule has 1 N–H and O–H groups in total. The van der Waals surface area contributed by atoms with Crippen molar-refractivity contribution >= 4 is 33.4 Å². The van der Waals surface area contributed by atoms with E-state index in [2.05, 4.69) is 21.2 Å². The van der Waals surface area contributed by atoms with Gasteiger partial charge in [-0.25, -0.2) is 0 Å². The van der Waals surface area contributed by atoms with E-state index in [9.17, 15) is 9.59 Å². The second-order valence-electron chi connectivity index (χ2n) is 5.59. The number of ether oxygens (including phenoxy) is 1. The van der Waals surface area contributed by atoms with Gasteiger partial charge in [-0.1, -0.05) is 22.0 Å². The number of nitrogens with one attached hydrogen (secondary N) is 1. The molecule has 1 saturated heterocycles. The van der Waals surface area contributed by atoms with Crippen LogP contribution in [0.3, 0.4) is 0 Å². The first-order valence-electron chi connectivity index (χ1n) is 7.57. The number of methoxy groups -OCH3 is 1. The summed E-state index contributed by atoms with van der Waals surface area (Å²) < 4.78 is 6.11. The third-order valence-electron chi connectivity index (χ3n) is 3.93. The highest BCUT2D eigenvalue weighted by atomic mass is 79.9. The molecule has 2 aromatic rings. The largest absolute Gasteiger partial charge is 0.497 e. The lowest BCUT2D eigenvalue weighted by atomic mass is 10.2. The molecule has 3 rings (SSSR count). The van der Waals surface area contributed by atoms with Gasteiger partial charge in [-0.05, 0) is 36.4 Å². The van der Waals surface area contributed by atoms with Gasteiger partial charge in [0, 0.05) is 34.8 Å². The molecular weight excluding hydrogens is 372 g/mol. The molecule has 2 aromatic carbocycles. The Balaban J connectivity index is 1.68. The number of rotatable bonds is 4. The lowest BCUT2D eigenvalue weighted by molar-refractivity contribution is -0.117. The molecule has 1 atom stereocenters. The highest BCUT2D eigenvalue weighted by Crippen LogP contribution is 2.25. The van der Waals surface area contributed by atoms with E-state index in [-0.39, 0.29) is 17.9 Å². The summed E-state index contributed by atoms with van der Waals surface area (Å²) in [5.74, 6) is 0.514. The maximum absolute atomic E-state index is 12.3. The number of hydrogen-bond donors (Lipinski definition) is 1. The SMILES string of the molecule is COc1cccc(N2CC(NC(=O)c3ccc(Br)cc3)CC2=O)c1. The fourth-order valence-corrected chi connectivity index (χ4v) is 2.97. The zero-order valence-corrected chi connectivity index (χ0v) is 14.7. The minimum Gasteiger partial charge on any atom is -0.497 e. The monoisotopic (exact) mass is 388 g/mol. The van der Waals surface area contributed by atoms with E-state index in [1.165, 1.54) is 0 Å². The highest BCUT2D eigenvalue weighted by molar-refractivity contribution is 9.10. The van der Waals surface area contributed by atoms with Crippen molar-refractivity contribution < 1.29 is 14.3 Å². The Kier molecular flexibility index (Phi) is 4.85. The molecule has 5 nitrogen and oxygen atoms in total. The summed E-state index contributed by atoms with van der Waals surface area (Å²) in [5, 5.41) is 2.93. The Morgan fingerprint density at radius 2 is 2.00 bits per heavy atom. The van der Waals surface area contributed by atoms with E-state index >= 15 is 0 Å². The van der Waals surface area contributed by atoms with Gasteiger partial charge < -0.3 is 15.0 Å². The van der Waals surface area contributed by atoms with E-state index in [0.717, 1.165) is 10.2 Å². The fraction of sp³-hybridized carbons (Fsp3) is 0.222. The van der Waals surface area contributed by atoms with Gasteiger partial charge in [0.25, 0.3) is 5.91 Å². The Labute approximate surface area is 148 Å². The fourth-order valence-electron chi connectivity index (χ4n) is 2.70. The molecule has 2 amide bonds. The van der Waals surface area contributed by atoms with Crippen LogP contribution in [0.5, 0.6) is 5.75 Å². The van der Waals surface area contributed by atoms with Gasteiger partial charge in [0.05, 0.1) is 13.2 Å². The van der Waals surface area contributed by atoms with Gasteiger partial charge in [-0.15, -0.1) is 0 Å².